The monoisotopic (exact) mass is 623 g/mol. The van der Waals surface area contributed by atoms with Crippen LogP contribution in [-0.2, 0) is 52.4 Å². The van der Waals surface area contributed by atoms with Gasteiger partial charge in [0.1, 0.15) is 31.1 Å². The molecular weight excluding hydrogens is 582 g/mol. The summed E-state index contributed by atoms with van der Waals surface area (Å²) in [5, 5.41) is 0. The van der Waals surface area contributed by atoms with Gasteiger partial charge in [-0.2, -0.15) is 8.42 Å². The Morgan fingerprint density at radius 1 is 1.00 bits per heavy atom. The summed E-state index contributed by atoms with van der Waals surface area (Å²) in [4.78, 5) is 51.7. The normalized spacial score (nSPS) is 33.6. The smallest absolute Gasteiger partial charge is 0.311 e. The molecule has 2 aliphatic carbocycles. The highest BCUT2D eigenvalue weighted by molar-refractivity contribution is 7.86. The molecule has 9 atom stereocenters. The van der Waals surface area contributed by atoms with E-state index in [-0.39, 0.29) is 36.4 Å². The number of hydrogen-bond acceptors (Lipinski definition) is 12. The van der Waals surface area contributed by atoms with Crippen LogP contribution in [0.15, 0.2) is 29.2 Å². The molecule has 1 aromatic rings. The maximum atomic E-state index is 13.3. The van der Waals surface area contributed by atoms with Gasteiger partial charge in [0, 0.05) is 51.0 Å². The van der Waals surface area contributed by atoms with Gasteiger partial charge in [0.15, 0.2) is 0 Å². The third-order valence-electron chi connectivity index (χ3n) is 9.07. The summed E-state index contributed by atoms with van der Waals surface area (Å²) in [5.41, 5.74) is -0.134. The van der Waals surface area contributed by atoms with Crippen LogP contribution in [0.2, 0.25) is 0 Å². The van der Waals surface area contributed by atoms with Crippen LogP contribution >= 0.6 is 0 Å². The third kappa shape index (κ3) is 6.73. The summed E-state index contributed by atoms with van der Waals surface area (Å²) in [7, 11) is -2.44. The number of carbonyl (C=O) groups excluding carboxylic acids is 4. The summed E-state index contributed by atoms with van der Waals surface area (Å²) < 4.78 is 54.2. The first-order valence-electron chi connectivity index (χ1n) is 14.4. The molecule has 0 bridgehead atoms. The van der Waals surface area contributed by atoms with Crippen molar-refractivity contribution in [1.29, 1.82) is 0 Å². The minimum atomic E-state index is -4.06. The van der Waals surface area contributed by atoms with Crippen molar-refractivity contribution in [1.82, 2.24) is 4.90 Å². The van der Waals surface area contributed by atoms with E-state index in [4.69, 9.17) is 23.1 Å². The van der Waals surface area contributed by atoms with E-state index in [2.05, 4.69) is 0 Å². The van der Waals surface area contributed by atoms with E-state index in [1.807, 2.05) is 20.8 Å². The van der Waals surface area contributed by atoms with Crippen molar-refractivity contribution in [2.24, 2.45) is 29.1 Å². The molecule has 0 radical (unpaired) electrons. The Labute approximate surface area is 252 Å². The molecule has 4 rings (SSSR count). The molecule has 0 unspecified atom stereocenters. The molecule has 0 spiro atoms. The van der Waals surface area contributed by atoms with E-state index in [9.17, 15) is 27.6 Å². The molecule has 1 heterocycles. The average Bonchev–Trinajstić information content (AvgIpc) is 3.30. The number of nitrogens with zero attached hydrogens (tertiary/aromatic N) is 1. The lowest BCUT2D eigenvalue weighted by Gasteiger charge is -2.45. The van der Waals surface area contributed by atoms with Crippen LogP contribution < -0.4 is 0 Å². The van der Waals surface area contributed by atoms with Gasteiger partial charge < -0.3 is 18.9 Å². The largest absolute Gasteiger partial charge is 0.462 e. The van der Waals surface area contributed by atoms with Crippen LogP contribution in [0.4, 0.5) is 0 Å². The van der Waals surface area contributed by atoms with Crippen LogP contribution in [0.3, 0.4) is 0 Å². The highest BCUT2D eigenvalue weighted by Crippen LogP contribution is 2.60. The van der Waals surface area contributed by atoms with Gasteiger partial charge in [0.05, 0.1) is 10.8 Å². The number of aryl methyl sites for hydroxylation is 1. The van der Waals surface area contributed by atoms with Crippen LogP contribution in [0.5, 0.6) is 0 Å². The standard InChI is InChI=1S/C30H41NO11S/c1-16-8-10-21(11-9-16)43(36,37)38-15-31(7)14-22-26-23(42-29(22)35)12-17(2)27-24(39-18(3)32)13-25(40-19(4)33)30(27,6)28(26)41-20(5)34/h8-11,17,22-28H,12-15H2,1-7H3/t17-,22-,23+,24+,25+,26-,27-,28+,30-/m1/s1. The zero-order valence-electron chi connectivity index (χ0n) is 25.6. The average molecular weight is 624 g/mol. The van der Waals surface area contributed by atoms with Crippen molar-refractivity contribution in [3.05, 3.63) is 29.8 Å². The van der Waals surface area contributed by atoms with Crippen molar-refractivity contribution in [3.8, 4) is 0 Å². The van der Waals surface area contributed by atoms with Crippen LogP contribution in [-0.4, -0.2) is 81.9 Å². The molecule has 43 heavy (non-hydrogen) atoms. The quantitative estimate of drug-likeness (QED) is 0.172. The molecule has 1 saturated heterocycles. The molecule has 3 aliphatic rings. The van der Waals surface area contributed by atoms with Gasteiger partial charge in [-0.15, -0.1) is 0 Å². The fourth-order valence-corrected chi connectivity index (χ4v) is 8.39. The fourth-order valence-electron chi connectivity index (χ4n) is 7.46. The molecule has 0 aromatic heterocycles. The Morgan fingerprint density at radius 2 is 1.60 bits per heavy atom. The molecule has 3 fully saturated rings. The summed E-state index contributed by atoms with van der Waals surface area (Å²) in [6.45, 7) is 9.22. The fraction of sp³-hybridized carbons (Fsp3) is 0.667. The number of carbonyl (C=O) groups is 4. The Balaban J connectivity index is 1.65. The maximum Gasteiger partial charge on any atom is 0.311 e. The van der Waals surface area contributed by atoms with E-state index < -0.39 is 75.7 Å². The summed E-state index contributed by atoms with van der Waals surface area (Å²) >= 11 is 0. The summed E-state index contributed by atoms with van der Waals surface area (Å²) in [5.74, 6) is -4.14. The Bertz CT molecular complexity index is 1350. The van der Waals surface area contributed by atoms with Gasteiger partial charge >= 0.3 is 23.9 Å². The first-order chi connectivity index (χ1) is 20.0. The molecule has 238 valence electrons. The molecule has 1 aliphatic heterocycles. The zero-order chi connectivity index (χ0) is 31.9. The SMILES string of the molecule is CC(=O)O[C@H]1C[C@H](OC(C)=O)[C@]2(C)[C@@H]1[C@H](C)C[C@@H]1OC(=O)[C@H](CN(C)COS(=O)(=O)c3ccc(C)cc3)[C@H]1[C@@H]2OC(C)=O. The van der Waals surface area contributed by atoms with Gasteiger partial charge in [-0.25, -0.2) is 0 Å². The number of hydrogen-bond donors (Lipinski definition) is 0. The number of fused-ring (bicyclic) bond motifs is 2. The second kappa shape index (κ2) is 12.5. The first kappa shape index (κ1) is 32.9. The van der Waals surface area contributed by atoms with E-state index >= 15 is 0 Å². The van der Waals surface area contributed by atoms with Gasteiger partial charge in [-0.05, 0) is 38.4 Å². The van der Waals surface area contributed by atoms with Crippen molar-refractivity contribution < 1.29 is 50.7 Å². The summed E-state index contributed by atoms with van der Waals surface area (Å²) in [6, 6.07) is 6.26. The Morgan fingerprint density at radius 3 is 2.19 bits per heavy atom. The maximum absolute atomic E-state index is 13.3. The van der Waals surface area contributed by atoms with E-state index in [0.29, 0.717) is 6.42 Å². The van der Waals surface area contributed by atoms with E-state index in [1.54, 1.807) is 24.1 Å². The van der Waals surface area contributed by atoms with Gasteiger partial charge in [0.25, 0.3) is 10.1 Å². The number of esters is 4. The molecule has 12 nitrogen and oxygen atoms in total. The predicted molar refractivity (Wildman–Crippen MR) is 150 cm³/mol. The van der Waals surface area contributed by atoms with Crippen molar-refractivity contribution >= 4 is 34.0 Å². The van der Waals surface area contributed by atoms with Crippen LogP contribution in [0, 0.1) is 36.0 Å². The second-order valence-electron chi connectivity index (χ2n) is 12.3. The van der Waals surface area contributed by atoms with Crippen molar-refractivity contribution in [2.45, 2.75) is 83.7 Å². The minimum absolute atomic E-state index is 0.0126. The predicted octanol–water partition coefficient (Wildman–Crippen LogP) is 2.61. The molecule has 13 heteroatoms. The first-order valence-corrected chi connectivity index (χ1v) is 15.8. The molecular formula is C30H41NO11S. The number of benzene rings is 1. The van der Waals surface area contributed by atoms with Gasteiger partial charge in [0.2, 0.25) is 0 Å². The molecule has 1 aromatic carbocycles. The zero-order valence-corrected chi connectivity index (χ0v) is 26.4. The van der Waals surface area contributed by atoms with E-state index in [1.165, 1.54) is 32.9 Å². The van der Waals surface area contributed by atoms with E-state index in [0.717, 1.165) is 5.56 Å². The minimum Gasteiger partial charge on any atom is -0.462 e. The number of rotatable bonds is 9. The second-order valence-corrected chi connectivity index (χ2v) is 13.9. The number of ether oxygens (including phenoxy) is 4. The van der Waals surface area contributed by atoms with Crippen LogP contribution in [0.1, 0.15) is 53.0 Å². The molecule has 0 amide bonds. The lowest BCUT2D eigenvalue weighted by Crippen LogP contribution is -2.54. The van der Waals surface area contributed by atoms with Gasteiger partial charge in [-0.3, -0.25) is 28.3 Å². The van der Waals surface area contributed by atoms with Crippen molar-refractivity contribution in [3.63, 3.8) is 0 Å². The lowest BCUT2D eigenvalue weighted by atomic mass is 9.66. The summed E-state index contributed by atoms with van der Waals surface area (Å²) in [6.07, 6.45) is -2.36. The van der Waals surface area contributed by atoms with Crippen molar-refractivity contribution in [2.75, 3.05) is 20.3 Å². The highest BCUT2D eigenvalue weighted by atomic mass is 32.2. The Hall–Kier alpha value is -3.03. The Kier molecular flexibility index (Phi) is 9.58. The third-order valence-corrected chi connectivity index (χ3v) is 10.3. The topological polar surface area (TPSA) is 152 Å². The highest BCUT2D eigenvalue weighted by Gasteiger charge is 2.68. The van der Waals surface area contributed by atoms with Crippen LogP contribution in [0.25, 0.3) is 0 Å². The van der Waals surface area contributed by atoms with Gasteiger partial charge in [-0.1, -0.05) is 31.5 Å². The molecule has 0 N–H and O–H groups in total. The molecule has 2 saturated carbocycles. The lowest BCUT2D eigenvalue weighted by molar-refractivity contribution is -0.182.